The summed E-state index contributed by atoms with van der Waals surface area (Å²) >= 11 is 3.28. The Hall–Kier alpha value is -1.95. The summed E-state index contributed by atoms with van der Waals surface area (Å²) in [5.74, 6) is -3.58. The van der Waals surface area contributed by atoms with E-state index < -0.39 is 23.1 Å². The van der Waals surface area contributed by atoms with Gasteiger partial charge in [0.15, 0.2) is 17.2 Å². The summed E-state index contributed by atoms with van der Waals surface area (Å²) in [6, 6.07) is 10.3. The lowest BCUT2D eigenvalue weighted by molar-refractivity contribution is -0.142. The second kappa shape index (κ2) is 5.81. The quantitative estimate of drug-likeness (QED) is 0.866. The summed E-state index contributed by atoms with van der Waals surface area (Å²) < 4.78 is 28.0. The zero-order valence-electron chi connectivity index (χ0n) is 11.0. The molecular formula is C15H12BrF2NO2. The number of carboxylic acid groups (broad SMARTS) is 1. The van der Waals surface area contributed by atoms with E-state index in [1.807, 2.05) is 0 Å². The second-order valence-corrected chi connectivity index (χ2v) is 5.49. The third kappa shape index (κ3) is 2.90. The Bertz CT molecular complexity index is 693. The van der Waals surface area contributed by atoms with E-state index in [9.17, 15) is 18.7 Å². The molecule has 0 aliphatic rings. The summed E-state index contributed by atoms with van der Waals surface area (Å²) in [4.78, 5) is 11.6. The number of anilines is 1. The summed E-state index contributed by atoms with van der Waals surface area (Å²) in [5, 5.41) is 12.2. The Balaban J connectivity index is 2.54. The monoisotopic (exact) mass is 355 g/mol. The molecule has 0 heterocycles. The fourth-order valence-electron chi connectivity index (χ4n) is 1.96. The van der Waals surface area contributed by atoms with Crippen LogP contribution in [0, 0.1) is 11.6 Å². The van der Waals surface area contributed by atoms with Crippen LogP contribution in [0.5, 0.6) is 0 Å². The van der Waals surface area contributed by atoms with E-state index in [1.165, 1.54) is 19.1 Å². The van der Waals surface area contributed by atoms with Crippen molar-refractivity contribution in [3.8, 4) is 0 Å². The van der Waals surface area contributed by atoms with Crippen molar-refractivity contribution in [2.45, 2.75) is 12.5 Å². The van der Waals surface area contributed by atoms with Crippen LogP contribution < -0.4 is 5.32 Å². The number of para-hydroxylation sites is 1. The number of rotatable bonds is 4. The van der Waals surface area contributed by atoms with E-state index in [4.69, 9.17) is 0 Å². The first-order valence-electron chi connectivity index (χ1n) is 6.07. The van der Waals surface area contributed by atoms with Crippen LogP contribution >= 0.6 is 15.9 Å². The Kier molecular flexibility index (Phi) is 4.27. The number of hydrogen-bond acceptors (Lipinski definition) is 2. The molecule has 0 spiro atoms. The SMILES string of the molecule is CC(Nc1ccccc1Br)(C(=O)O)c1cccc(F)c1F. The number of carbonyl (C=O) groups is 1. The number of carboxylic acids is 1. The third-order valence-corrected chi connectivity index (χ3v) is 3.87. The molecule has 2 rings (SSSR count). The topological polar surface area (TPSA) is 49.3 Å². The van der Waals surface area contributed by atoms with Gasteiger partial charge < -0.3 is 10.4 Å². The van der Waals surface area contributed by atoms with Crippen LogP contribution in [0.25, 0.3) is 0 Å². The van der Waals surface area contributed by atoms with Crippen LogP contribution in [-0.2, 0) is 10.3 Å². The van der Waals surface area contributed by atoms with Gasteiger partial charge in [-0.2, -0.15) is 0 Å². The molecule has 0 radical (unpaired) electrons. The van der Waals surface area contributed by atoms with Crippen molar-refractivity contribution in [3.05, 3.63) is 64.1 Å². The molecular weight excluding hydrogens is 344 g/mol. The Morgan fingerprint density at radius 3 is 2.48 bits per heavy atom. The van der Waals surface area contributed by atoms with E-state index in [0.29, 0.717) is 10.2 Å². The average Bonchev–Trinajstić information content (AvgIpc) is 2.44. The van der Waals surface area contributed by atoms with Crippen molar-refractivity contribution in [2.24, 2.45) is 0 Å². The van der Waals surface area contributed by atoms with Crippen LogP contribution in [0.4, 0.5) is 14.5 Å². The number of halogens is 3. The van der Waals surface area contributed by atoms with E-state index in [1.54, 1.807) is 24.3 Å². The lowest BCUT2D eigenvalue weighted by Crippen LogP contribution is -2.41. The molecule has 1 unspecified atom stereocenters. The fraction of sp³-hybridized carbons (Fsp3) is 0.133. The van der Waals surface area contributed by atoms with E-state index >= 15 is 0 Å². The molecule has 0 aliphatic carbocycles. The van der Waals surface area contributed by atoms with Crippen molar-refractivity contribution < 1.29 is 18.7 Å². The largest absolute Gasteiger partial charge is 0.479 e. The van der Waals surface area contributed by atoms with Gasteiger partial charge in [0.2, 0.25) is 0 Å². The average molecular weight is 356 g/mol. The third-order valence-electron chi connectivity index (χ3n) is 3.18. The van der Waals surface area contributed by atoms with Crippen LogP contribution in [0.15, 0.2) is 46.9 Å². The molecule has 0 fully saturated rings. The second-order valence-electron chi connectivity index (χ2n) is 4.64. The number of benzene rings is 2. The summed E-state index contributed by atoms with van der Waals surface area (Å²) in [7, 11) is 0. The summed E-state index contributed by atoms with van der Waals surface area (Å²) in [5.41, 5.74) is -1.62. The normalized spacial score (nSPS) is 13.5. The van der Waals surface area contributed by atoms with Crippen molar-refractivity contribution in [3.63, 3.8) is 0 Å². The van der Waals surface area contributed by atoms with E-state index in [0.717, 1.165) is 6.07 Å². The van der Waals surface area contributed by atoms with Crippen molar-refractivity contribution in [1.82, 2.24) is 0 Å². The maximum atomic E-state index is 14.0. The van der Waals surface area contributed by atoms with Gasteiger partial charge in [-0.25, -0.2) is 13.6 Å². The van der Waals surface area contributed by atoms with Crippen LogP contribution in [0.3, 0.4) is 0 Å². The molecule has 0 saturated heterocycles. The van der Waals surface area contributed by atoms with Crippen molar-refractivity contribution in [2.75, 3.05) is 5.32 Å². The molecule has 2 aromatic carbocycles. The minimum atomic E-state index is -1.81. The van der Waals surface area contributed by atoms with Gasteiger partial charge in [-0.1, -0.05) is 24.3 Å². The number of nitrogens with one attached hydrogen (secondary N) is 1. The predicted octanol–water partition coefficient (Wildman–Crippen LogP) is 4.14. The zero-order valence-corrected chi connectivity index (χ0v) is 12.6. The minimum absolute atomic E-state index is 0.272. The molecule has 2 aromatic rings. The first-order valence-corrected chi connectivity index (χ1v) is 6.86. The summed E-state index contributed by atoms with van der Waals surface area (Å²) in [6.07, 6.45) is 0. The Morgan fingerprint density at radius 2 is 1.86 bits per heavy atom. The van der Waals surface area contributed by atoms with Gasteiger partial charge in [-0.15, -0.1) is 0 Å². The molecule has 0 saturated carbocycles. The fourth-order valence-corrected chi connectivity index (χ4v) is 2.34. The Morgan fingerprint density at radius 1 is 1.19 bits per heavy atom. The van der Waals surface area contributed by atoms with Gasteiger partial charge in [0.05, 0.1) is 0 Å². The van der Waals surface area contributed by atoms with E-state index in [-0.39, 0.29) is 5.56 Å². The van der Waals surface area contributed by atoms with Gasteiger partial charge in [0.1, 0.15) is 0 Å². The number of aliphatic carboxylic acids is 1. The molecule has 6 heteroatoms. The highest BCUT2D eigenvalue weighted by atomic mass is 79.9. The van der Waals surface area contributed by atoms with Gasteiger partial charge in [-0.3, -0.25) is 0 Å². The summed E-state index contributed by atoms with van der Waals surface area (Å²) in [6.45, 7) is 1.28. The molecule has 2 N–H and O–H groups in total. The molecule has 21 heavy (non-hydrogen) atoms. The van der Waals surface area contributed by atoms with Gasteiger partial charge >= 0.3 is 5.97 Å². The van der Waals surface area contributed by atoms with Gasteiger partial charge in [0.25, 0.3) is 0 Å². The molecule has 1 atom stereocenters. The maximum Gasteiger partial charge on any atom is 0.333 e. The maximum absolute atomic E-state index is 14.0. The minimum Gasteiger partial charge on any atom is -0.479 e. The van der Waals surface area contributed by atoms with Crippen LogP contribution in [0.1, 0.15) is 12.5 Å². The smallest absolute Gasteiger partial charge is 0.333 e. The number of hydrogen-bond donors (Lipinski definition) is 2. The van der Waals surface area contributed by atoms with E-state index in [2.05, 4.69) is 21.2 Å². The highest BCUT2D eigenvalue weighted by Gasteiger charge is 2.38. The standard InChI is InChI=1S/C15H12BrF2NO2/c1-15(14(20)21,9-5-4-7-11(17)13(9)18)19-12-8-3-2-6-10(12)16/h2-8,19H,1H3,(H,20,21). The lowest BCUT2D eigenvalue weighted by atomic mass is 9.91. The first kappa shape index (κ1) is 15.4. The zero-order chi connectivity index (χ0) is 15.6. The highest BCUT2D eigenvalue weighted by Crippen LogP contribution is 2.32. The Labute approximate surface area is 128 Å². The lowest BCUT2D eigenvalue weighted by Gasteiger charge is -2.29. The molecule has 0 aromatic heterocycles. The van der Waals surface area contributed by atoms with Crippen LogP contribution in [-0.4, -0.2) is 11.1 Å². The molecule has 0 aliphatic heterocycles. The van der Waals surface area contributed by atoms with Crippen molar-refractivity contribution >= 4 is 27.6 Å². The molecule has 0 bridgehead atoms. The first-order chi connectivity index (χ1) is 9.86. The predicted molar refractivity (Wildman–Crippen MR) is 79.1 cm³/mol. The van der Waals surface area contributed by atoms with Crippen molar-refractivity contribution in [1.29, 1.82) is 0 Å². The molecule has 110 valence electrons. The highest BCUT2D eigenvalue weighted by molar-refractivity contribution is 9.10. The van der Waals surface area contributed by atoms with Gasteiger partial charge in [0, 0.05) is 15.7 Å². The van der Waals surface area contributed by atoms with Gasteiger partial charge in [-0.05, 0) is 41.1 Å². The van der Waals surface area contributed by atoms with Crippen LogP contribution in [0.2, 0.25) is 0 Å². The molecule has 0 amide bonds. The molecule has 3 nitrogen and oxygen atoms in total.